The van der Waals surface area contributed by atoms with E-state index in [9.17, 15) is 9.59 Å². The van der Waals surface area contributed by atoms with E-state index in [0.717, 1.165) is 42.9 Å². The molecular formula is C18H21N3O3. The predicted molar refractivity (Wildman–Crippen MR) is 88.4 cm³/mol. The van der Waals surface area contributed by atoms with E-state index in [4.69, 9.17) is 4.42 Å². The first-order valence-electron chi connectivity index (χ1n) is 8.61. The molecule has 126 valence electrons. The Morgan fingerprint density at radius 3 is 2.62 bits per heavy atom. The van der Waals surface area contributed by atoms with Gasteiger partial charge in [-0.05, 0) is 45.0 Å². The minimum absolute atomic E-state index is 0.0391. The van der Waals surface area contributed by atoms with Crippen LogP contribution in [0.4, 0.5) is 0 Å². The van der Waals surface area contributed by atoms with Gasteiger partial charge < -0.3 is 4.42 Å². The fraction of sp³-hybridized carbons (Fsp3) is 0.500. The molecule has 0 bridgehead atoms. The van der Waals surface area contributed by atoms with E-state index < -0.39 is 0 Å². The number of imide groups is 1. The monoisotopic (exact) mass is 327 g/mol. The number of para-hydroxylation sites is 2. The molecule has 2 saturated heterocycles. The van der Waals surface area contributed by atoms with Gasteiger partial charge in [-0.25, -0.2) is 4.98 Å². The van der Waals surface area contributed by atoms with E-state index in [1.807, 2.05) is 31.2 Å². The Morgan fingerprint density at radius 2 is 1.96 bits per heavy atom. The summed E-state index contributed by atoms with van der Waals surface area (Å²) < 4.78 is 5.88. The van der Waals surface area contributed by atoms with Crippen molar-refractivity contribution in [1.82, 2.24) is 14.8 Å². The highest BCUT2D eigenvalue weighted by atomic mass is 16.3. The van der Waals surface area contributed by atoms with Gasteiger partial charge in [0.2, 0.25) is 11.8 Å². The summed E-state index contributed by atoms with van der Waals surface area (Å²) in [6, 6.07) is 7.52. The Kier molecular flexibility index (Phi) is 3.84. The number of carbonyl (C=O) groups is 2. The van der Waals surface area contributed by atoms with Gasteiger partial charge in [-0.2, -0.15) is 0 Å². The third-order valence-corrected chi connectivity index (χ3v) is 5.17. The molecule has 1 aromatic heterocycles. The van der Waals surface area contributed by atoms with E-state index in [1.165, 1.54) is 4.90 Å². The molecule has 3 heterocycles. The van der Waals surface area contributed by atoms with Crippen LogP contribution in [0.15, 0.2) is 28.7 Å². The predicted octanol–water partition coefficient (Wildman–Crippen LogP) is 2.15. The molecule has 0 N–H and O–H groups in total. The molecular weight excluding hydrogens is 306 g/mol. The lowest BCUT2D eigenvalue weighted by Crippen LogP contribution is -2.45. The Bertz CT molecular complexity index is 744. The van der Waals surface area contributed by atoms with Crippen LogP contribution in [0.3, 0.4) is 0 Å². The van der Waals surface area contributed by atoms with E-state index in [0.29, 0.717) is 13.0 Å². The van der Waals surface area contributed by atoms with Crippen LogP contribution < -0.4 is 0 Å². The summed E-state index contributed by atoms with van der Waals surface area (Å²) in [7, 11) is 0. The molecule has 0 aliphatic carbocycles. The molecule has 6 nitrogen and oxygen atoms in total. The SMILES string of the molecule is CCN1C(=O)C[C@H](N2CCC(c3nc4ccccc4o3)CC2)C1=O. The summed E-state index contributed by atoms with van der Waals surface area (Å²) in [6.45, 7) is 3.90. The summed E-state index contributed by atoms with van der Waals surface area (Å²) in [5.74, 6) is 0.986. The number of likely N-dealkylation sites (N-methyl/N-ethyl adjacent to an activating group) is 1. The number of amides is 2. The molecule has 4 rings (SSSR count). The van der Waals surface area contributed by atoms with Crippen molar-refractivity contribution >= 4 is 22.9 Å². The maximum Gasteiger partial charge on any atom is 0.247 e. The molecule has 0 radical (unpaired) electrons. The summed E-state index contributed by atoms with van der Waals surface area (Å²) in [4.78, 5) is 32.4. The van der Waals surface area contributed by atoms with Crippen LogP contribution in [-0.4, -0.2) is 52.3 Å². The van der Waals surface area contributed by atoms with Gasteiger partial charge in [-0.1, -0.05) is 12.1 Å². The molecule has 1 atom stereocenters. The minimum atomic E-state index is -0.276. The zero-order valence-corrected chi connectivity index (χ0v) is 13.8. The largest absolute Gasteiger partial charge is 0.440 e. The number of hydrogen-bond acceptors (Lipinski definition) is 5. The van der Waals surface area contributed by atoms with E-state index in [-0.39, 0.29) is 23.8 Å². The van der Waals surface area contributed by atoms with Crippen molar-refractivity contribution in [3.05, 3.63) is 30.2 Å². The first kappa shape index (κ1) is 15.3. The molecule has 2 aliphatic rings. The van der Waals surface area contributed by atoms with Crippen LogP contribution in [-0.2, 0) is 9.59 Å². The van der Waals surface area contributed by atoms with Crippen molar-refractivity contribution < 1.29 is 14.0 Å². The Morgan fingerprint density at radius 1 is 1.21 bits per heavy atom. The molecule has 0 spiro atoms. The standard InChI is InChI=1S/C18H21N3O3/c1-2-21-16(22)11-14(18(21)23)20-9-7-12(8-10-20)17-19-13-5-3-4-6-15(13)24-17/h3-6,12,14H,2,7-11H2,1H3/t14-/m0/s1. The normalized spacial score (nSPS) is 23.5. The minimum Gasteiger partial charge on any atom is -0.440 e. The summed E-state index contributed by atoms with van der Waals surface area (Å²) >= 11 is 0. The molecule has 24 heavy (non-hydrogen) atoms. The molecule has 2 aliphatic heterocycles. The molecule has 6 heteroatoms. The maximum absolute atomic E-state index is 12.3. The second kappa shape index (κ2) is 6.02. The maximum atomic E-state index is 12.3. The van der Waals surface area contributed by atoms with Gasteiger partial charge in [-0.15, -0.1) is 0 Å². The van der Waals surface area contributed by atoms with Gasteiger partial charge in [0.1, 0.15) is 5.52 Å². The Labute approximate surface area is 140 Å². The third-order valence-electron chi connectivity index (χ3n) is 5.17. The van der Waals surface area contributed by atoms with Crippen LogP contribution in [0.1, 0.15) is 38.0 Å². The second-order valence-corrected chi connectivity index (χ2v) is 6.53. The first-order chi connectivity index (χ1) is 11.7. The number of rotatable bonds is 3. The van der Waals surface area contributed by atoms with Crippen LogP contribution in [0.25, 0.3) is 11.1 Å². The molecule has 0 unspecified atom stereocenters. The average Bonchev–Trinajstić information content (AvgIpc) is 3.16. The topological polar surface area (TPSA) is 66.7 Å². The first-order valence-corrected chi connectivity index (χ1v) is 8.61. The summed E-state index contributed by atoms with van der Waals surface area (Å²) in [6.07, 6.45) is 2.12. The van der Waals surface area contributed by atoms with Crippen LogP contribution in [0, 0.1) is 0 Å². The number of oxazole rings is 1. The van der Waals surface area contributed by atoms with Gasteiger partial charge >= 0.3 is 0 Å². The molecule has 2 fully saturated rings. The van der Waals surface area contributed by atoms with Crippen molar-refractivity contribution in [3.8, 4) is 0 Å². The number of nitrogens with zero attached hydrogens (tertiary/aromatic N) is 3. The van der Waals surface area contributed by atoms with Crippen molar-refractivity contribution in [3.63, 3.8) is 0 Å². The van der Waals surface area contributed by atoms with Gasteiger partial charge in [0.05, 0.1) is 12.5 Å². The fourth-order valence-corrected chi connectivity index (χ4v) is 3.81. The lowest BCUT2D eigenvalue weighted by Gasteiger charge is -2.33. The molecule has 2 aromatic rings. The molecule has 1 aromatic carbocycles. The lowest BCUT2D eigenvalue weighted by atomic mass is 9.95. The molecule has 0 saturated carbocycles. The molecule has 2 amide bonds. The average molecular weight is 327 g/mol. The second-order valence-electron chi connectivity index (χ2n) is 6.53. The number of piperidine rings is 1. The fourth-order valence-electron chi connectivity index (χ4n) is 3.81. The van der Waals surface area contributed by atoms with Crippen LogP contribution in [0.2, 0.25) is 0 Å². The number of aromatic nitrogens is 1. The number of likely N-dealkylation sites (tertiary alicyclic amines) is 2. The van der Waals surface area contributed by atoms with Crippen LogP contribution in [0.5, 0.6) is 0 Å². The number of benzene rings is 1. The van der Waals surface area contributed by atoms with Crippen molar-refractivity contribution in [2.75, 3.05) is 19.6 Å². The smallest absolute Gasteiger partial charge is 0.247 e. The van der Waals surface area contributed by atoms with Crippen LogP contribution >= 0.6 is 0 Å². The van der Waals surface area contributed by atoms with Gasteiger partial charge in [-0.3, -0.25) is 19.4 Å². The Balaban J connectivity index is 1.43. The van der Waals surface area contributed by atoms with Gasteiger partial charge in [0.15, 0.2) is 11.5 Å². The quantitative estimate of drug-likeness (QED) is 0.808. The van der Waals surface area contributed by atoms with Gasteiger partial charge in [0, 0.05) is 12.5 Å². The van der Waals surface area contributed by atoms with E-state index in [1.54, 1.807) is 0 Å². The van der Waals surface area contributed by atoms with Crippen molar-refractivity contribution in [2.45, 2.75) is 38.1 Å². The van der Waals surface area contributed by atoms with E-state index >= 15 is 0 Å². The van der Waals surface area contributed by atoms with E-state index in [2.05, 4.69) is 9.88 Å². The highest BCUT2D eigenvalue weighted by Gasteiger charge is 2.42. The number of carbonyl (C=O) groups excluding carboxylic acids is 2. The third kappa shape index (κ3) is 2.51. The summed E-state index contributed by atoms with van der Waals surface area (Å²) in [5, 5.41) is 0. The Hall–Kier alpha value is -2.21. The zero-order valence-electron chi connectivity index (χ0n) is 13.8. The van der Waals surface area contributed by atoms with Crippen molar-refractivity contribution in [1.29, 1.82) is 0 Å². The number of fused-ring (bicyclic) bond motifs is 1. The lowest BCUT2D eigenvalue weighted by molar-refractivity contribution is -0.139. The van der Waals surface area contributed by atoms with Gasteiger partial charge in [0.25, 0.3) is 0 Å². The highest BCUT2D eigenvalue weighted by molar-refractivity contribution is 6.05. The summed E-state index contributed by atoms with van der Waals surface area (Å²) in [5.41, 5.74) is 1.72. The van der Waals surface area contributed by atoms with Crippen molar-refractivity contribution in [2.24, 2.45) is 0 Å². The zero-order chi connectivity index (χ0) is 16.7. The number of hydrogen-bond donors (Lipinski definition) is 0. The highest BCUT2D eigenvalue weighted by Crippen LogP contribution is 2.32.